The van der Waals surface area contributed by atoms with Gasteiger partial charge in [0.05, 0.1) is 12.7 Å². The Hall–Kier alpha value is -0.120. The number of hydrogen-bond donors (Lipinski definition) is 1. The van der Waals surface area contributed by atoms with E-state index in [1.165, 1.54) is 45.1 Å². The van der Waals surface area contributed by atoms with Crippen molar-refractivity contribution < 1.29 is 4.74 Å². The number of nitrogens with one attached hydrogen (secondary N) is 1. The molecule has 2 fully saturated rings. The molecule has 0 spiro atoms. The van der Waals surface area contributed by atoms with Gasteiger partial charge in [-0.2, -0.15) is 0 Å². The van der Waals surface area contributed by atoms with Crippen LogP contribution in [0.25, 0.3) is 0 Å². The van der Waals surface area contributed by atoms with Gasteiger partial charge in [-0.1, -0.05) is 19.3 Å². The third-order valence-electron chi connectivity index (χ3n) is 4.01. The first kappa shape index (κ1) is 12.3. The fourth-order valence-electron chi connectivity index (χ4n) is 2.86. The molecule has 0 radical (unpaired) electrons. The van der Waals surface area contributed by atoms with Crippen molar-refractivity contribution in [1.29, 1.82) is 0 Å². The Balaban J connectivity index is 1.63. The molecule has 2 aliphatic rings. The molecule has 94 valence electrons. The van der Waals surface area contributed by atoms with Gasteiger partial charge in [-0.05, 0) is 26.3 Å². The zero-order valence-corrected chi connectivity index (χ0v) is 10.6. The van der Waals surface area contributed by atoms with Gasteiger partial charge in [-0.3, -0.25) is 0 Å². The van der Waals surface area contributed by atoms with Crippen LogP contribution in [0, 0.1) is 0 Å². The number of morpholine rings is 1. The van der Waals surface area contributed by atoms with Gasteiger partial charge in [0.2, 0.25) is 0 Å². The average molecular weight is 226 g/mol. The summed E-state index contributed by atoms with van der Waals surface area (Å²) >= 11 is 0. The van der Waals surface area contributed by atoms with E-state index in [2.05, 4.69) is 17.3 Å². The van der Waals surface area contributed by atoms with Crippen molar-refractivity contribution in [3.05, 3.63) is 0 Å². The normalized spacial score (nSPS) is 28.5. The molecule has 0 aromatic rings. The summed E-state index contributed by atoms with van der Waals surface area (Å²) in [4.78, 5) is 2.55. The lowest BCUT2D eigenvalue weighted by molar-refractivity contribution is 0.0154. The van der Waals surface area contributed by atoms with Gasteiger partial charge in [-0.15, -0.1) is 0 Å². The van der Waals surface area contributed by atoms with Crippen molar-refractivity contribution in [2.45, 2.75) is 50.7 Å². The maximum absolute atomic E-state index is 5.73. The van der Waals surface area contributed by atoms with Crippen molar-refractivity contribution >= 4 is 0 Å². The molecule has 1 aliphatic heterocycles. The van der Waals surface area contributed by atoms with E-state index in [-0.39, 0.29) is 0 Å². The van der Waals surface area contributed by atoms with E-state index in [4.69, 9.17) is 4.74 Å². The van der Waals surface area contributed by atoms with E-state index in [0.29, 0.717) is 6.10 Å². The van der Waals surface area contributed by atoms with Crippen LogP contribution in [-0.4, -0.2) is 50.3 Å². The molecule has 1 saturated carbocycles. The summed E-state index contributed by atoms with van der Waals surface area (Å²) in [5.74, 6) is 0. The molecule has 1 heterocycles. The highest BCUT2D eigenvalue weighted by Crippen LogP contribution is 2.21. The highest BCUT2D eigenvalue weighted by atomic mass is 16.5. The second-order valence-electron chi connectivity index (χ2n) is 5.26. The number of hydrogen-bond acceptors (Lipinski definition) is 3. The molecule has 1 unspecified atom stereocenters. The van der Waals surface area contributed by atoms with Crippen LogP contribution >= 0.6 is 0 Å². The van der Waals surface area contributed by atoms with Gasteiger partial charge in [-0.25, -0.2) is 0 Å². The molecule has 0 aromatic carbocycles. The van der Waals surface area contributed by atoms with Crippen molar-refractivity contribution in [3.8, 4) is 0 Å². The predicted molar refractivity (Wildman–Crippen MR) is 66.7 cm³/mol. The molecular weight excluding hydrogens is 200 g/mol. The molecule has 2 rings (SSSR count). The molecule has 3 heteroatoms. The predicted octanol–water partition coefficient (Wildman–Crippen LogP) is 1.63. The molecule has 1 N–H and O–H groups in total. The zero-order valence-electron chi connectivity index (χ0n) is 10.6. The van der Waals surface area contributed by atoms with Crippen molar-refractivity contribution in [2.75, 3.05) is 33.3 Å². The molecule has 0 amide bonds. The van der Waals surface area contributed by atoms with Crippen LogP contribution in [0.1, 0.15) is 38.5 Å². The zero-order chi connectivity index (χ0) is 11.2. The highest BCUT2D eigenvalue weighted by Gasteiger charge is 2.19. The van der Waals surface area contributed by atoms with E-state index in [1.807, 2.05) is 0 Å². The van der Waals surface area contributed by atoms with Crippen LogP contribution < -0.4 is 5.32 Å². The summed E-state index contributed by atoms with van der Waals surface area (Å²) in [6, 6.07) is 0.838. The number of ether oxygens (including phenoxy) is 1. The second-order valence-corrected chi connectivity index (χ2v) is 5.26. The third-order valence-corrected chi connectivity index (χ3v) is 4.01. The summed E-state index contributed by atoms with van der Waals surface area (Å²) in [7, 11) is 2.28. The van der Waals surface area contributed by atoms with E-state index in [0.717, 1.165) is 25.7 Å². The minimum absolute atomic E-state index is 0.444. The first-order valence-electron chi connectivity index (χ1n) is 6.89. The van der Waals surface area contributed by atoms with E-state index >= 15 is 0 Å². The lowest BCUT2D eigenvalue weighted by Gasteiger charge is -2.33. The number of rotatable bonds is 4. The Morgan fingerprint density at radius 3 is 2.75 bits per heavy atom. The summed E-state index contributed by atoms with van der Waals surface area (Å²) in [5, 5.41) is 3.39. The summed E-state index contributed by atoms with van der Waals surface area (Å²) in [5.41, 5.74) is 0. The number of nitrogens with zero attached hydrogens (tertiary/aromatic N) is 1. The van der Waals surface area contributed by atoms with Crippen LogP contribution in [0.5, 0.6) is 0 Å². The average Bonchev–Trinajstić information content (AvgIpc) is 2.38. The molecule has 16 heavy (non-hydrogen) atoms. The summed E-state index contributed by atoms with van der Waals surface area (Å²) in [6.07, 6.45) is 8.73. The fourth-order valence-corrected chi connectivity index (χ4v) is 2.86. The van der Waals surface area contributed by atoms with Gasteiger partial charge in [0.1, 0.15) is 0 Å². The second kappa shape index (κ2) is 6.58. The van der Waals surface area contributed by atoms with Gasteiger partial charge >= 0.3 is 0 Å². The Morgan fingerprint density at radius 1 is 1.25 bits per heavy atom. The molecule has 3 nitrogen and oxygen atoms in total. The summed E-state index contributed by atoms with van der Waals surface area (Å²) in [6.45, 7) is 4.14. The lowest BCUT2D eigenvalue weighted by atomic mass is 9.94. The molecule has 0 aromatic heterocycles. The van der Waals surface area contributed by atoms with Gasteiger partial charge in [0, 0.05) is 25.7 Å². The maximum Gasteiger partial charge on any atom is 0.0712 e. The van der Waals surface area contributed by atoms with Crippen molar-refractivity contribution in [3.63, 3.8) is 0 Å². The van der Waals surface area contributed by atoms with E-state index < -0.39 is 0 Å². The molecule has 1 saturated heterocycles. The third kappa shape index (κ3) is 3.72. The maximum atomic E-state index is 5.73. The monoisotopic (exact) mass is 226 g/mol. The van der Waals surface area contributed by atoms with Gasteiger partial charge in [0.25, 0.3) is 0 Å². The summed E-state index contributed by atoms with van der Waals surface area (Å²) < 4.78 is 5.73. The van der Waals surface area contributed by atoms with Gasteiger partial charge < -0.3 is 15.0 Å². The largest absolute Gasteiger partial charge is 0.376 e. The fraction of sp³-hybridized carbons (Fsp3) is 1.00. The first-order valence-corrected chi connectivity index (χ1v) is 6.89. The topological polar surface area (TPSA) is 24.5 Å². The Morgan fingerprint density at radius 2 is 2.06 bits per heavy atom. The SMILES string of the molecule is CN(CCC1CNCCO1)C1CCCCC1. The molecule has 1 aliphatic carbocycles. The van der Waals surface area contributed by atoms with Crippen LogP contribution in [-0.2, 0) is 4.74 Å². The van der Waals surface area contributed by atoms with Crippen LogP contribution in [0.3, 0.4) is 0 Å². The first-order chi connectivity index (χ1) is 7.86. The van der Waals surface area contributed by atoms with Crippen LogP contribution in [0.15, 0.2) is 0 Å². The van der Waals surface area contributed by atoms with Crippen LogP contribution in [0.2, 0.25) is 0 Å². The molecule has 0 bridgehead atoms. The minimum atomic E-state index is 0.444. The van der Waals surface area contributed by atoms with Crippen molar-refractivity contribution in [2.24, 2.45) is 0 Å². The van der Waals surface area contributed by atoms with E-state index in [9.17, 15) is 0 Å². The lowest BCUT2D eigenvalue weighted by Crippen LogP contribution is -2.41. The Bertz CT molecular complexity index is 186. The van der Waals surface area contributed by atoms with Crippen molar-refractivity contribution in [1.82, 2.24) is 10.2 Å². The quantitative estimate of drug-likeness (QED) is 0.788. The standard InChI is InChI=1S/C13H26N2O/c1-15(12-5-3-2-4-6-12)9-7-13-11-14-8-10-16-13/h12-14H,2-11H2,1H3. The highest BCUT2D eigenvalue weighted by molar-refractivity contribution is 4.75. The van der Waals surface area contributed by atoms with Gasteiger partial charge in [0.15, 0.2) is 0 Å². The molecule has 1 atom stereocenters. The Kier molecular flexibility index (Phi) is 5.07. The van der Waals surface area contributed by atoms with Crippen LogP contribution in [0.4, 0.5) is 0 Å². The minimum Gasteiger partial charge on any atom is -0.376 e. The molecular formula is C13H26N2O. The van der Waals surface area contributed by atoms with E-state index in [1.54, 1.807) is 0 Å². The Labute approximate surface area is 99.5 Å². The smallest absolute Gasteiger partial charge is 0.0712 e.